The molecule has 59 heavy (non-hydrogen) atoms. The Morgan fingerprint density at radius 3 is 1.44 bits per heavy atom. The van der Waals surface area contributed by atoms with Gasteiger partial charge in [0.2, 0.25) is 0 Å². The molecule has 0 aliphatic carbocycles. The first-order chi connectivity index (χ1) is 28.6. The van der Waals surface area contributed by atoms with Crippen LogP contribution in [0, 0.1) is 0 Å². The largest absolute Gasteiger partial charge is 0.544 e. The maximum absolute atomic E-state index is 12.7. The van der Waals surface area contributed by atoms with Gasteiger partial charge >= 0.3 is 11.9 Å². The van der Waals surface area contributed by atoms with Crippen LogP contribution in [-0.4, -0.2) is 75.5 Å². The second-order valence-corrected chi connectivity index (χ2v) is 17.0. The SMILES string of the molecule is CC/C=C/C/C=C/C/C=C/C/C=C/CCCCCC(=O)OC(COCCC(C(=O)[O-])[N+](C)(C)C)COC(=O)CCCCCCCCC/C=C/CCCCCCCCCC. The molecular weight excluding hydrogens is 739 g/mol. The molecule has 0 saturated carbocycles. The van der Waals surface area contributed by atoms with E-state index < -0.39 is 18.1 Å². The van der Waals surface area contributed by atoms with Crippen molar-refractivity contribution in [2.45, 2.75) is 206 Å². The molecule has 8 nitrogen and oxygen atoms in total. The fourth-order valence-corrected chi connectivity index (χ4v) is 6.70. The van der Waals surface area contributed by atoms with E-state index in [1.807, 2.05) is 0 Å². The topological polar surface area (TPSA) is 102 Å². The van der Waals surface area contributed by atoms with E-state index >= 15 is 0 Å². The number of hydrogen-bond acceptors (Lipinski definition) is 7. The van der Waals surface area contributed by atoms with Crippen LogP contribution in [0.3, 0.4) is 0 Å². The van der Waals surface area contributed by atoms with E-state index in [2.05, 4.69) is 74.6 Å². The van der Waals surface area contributed by atoms with Crippen LogP contribution in [0.1, 0.15) is 194 Å². The fraction of sp³-hybridized carbons (Fsp3) is 0.745. The van der Waals surface area contributed by atoms with Gasteiger partial charge in [-0.15, -0.1) is 0 Å². The Labute approximate surface area is 362 Å². The van der Waals surface area contributed by atoms with Crippen LogP contribution in [0.25, 0.3) is 0 Å². The summed E-state index contributed by atoms with van der Waals surface area (Å²) in [5, 5.41) is 11.6. The predicted octanol–water partition coefficient (Wildman–Crippen LogP) is 12.0. The monoisotopic (exact) mass is 828 g/mol. The molecule has 0 rings (SSSR count). The lowest BCUT2D eigenvalue weighted by atomic mass is 10.1. The smallest absolute Gasteiger partial charge is 0.306 e. The quantitative estimate of drug-likeness (QED) is 0.0261. The summed E-state index contributed by atoms with van der Waals surface area (Å²) in [6.45, 7) is 4.51. The van der Waals surface area contributed by atoms with Crippen LogP contribution in [-0.2, 0) is 28.6 Å². The third-order valence-electron chi connectivity index (χ3n) is 10.4. The average molecular weight is 828 g/mol. The molecule has 0 aromatic rings. The summed E-state index contributed by atoms with van der Waals surface area (Å²) >= 11 is 0. The van der Waals surface area contributed by atoms with E-state index in [0.29, 0.717) is 12.8 Å². The van der Waals surface area contributed by atoms with Crippen molar-refractivity contribution in [2.75, 3.05) is 41.0 Å². The van der Waals surface area contributed by atoms with Gasteiger partial charge in [0.1, 0.15) is 12.6 Å². The average Bonchev–Trinajstić information content (AvgIpc) is 3.19. The minimum absolute atomic E-state index is 0.0246. The summed E-state index contributed by atoms with van der Waals surface area (Å²) in [6.07, 6.45) is 51.0. The van der Waals surface area contributed by atoms with E-state index in [1.54, 1.807) is 21.1 Å². The molecule has 2 unspecified atom stereocenters. The highest BCUT2D eigenvalue weighted by Crippen LogP contribution is 2.14. The number of rotatable bonds is 42. The number of hydrogen-bond donors (Lipinski definition) is 0. The molecule has 0 aliphatic rings. The highest BCUT2D eigenvalue weighted by atomic mass is 16.6. The third kappa shape index (κ3) is 40.2. The second-order valence-electron chi connectivity index (χ2n) is 17.0. The standard InChI is InChI=1S/C51H89NO7/c1-6-8-10-12-14-16-18-20-22-24-25-26-28-29-31-33-35-37-39-41-49(53)58-46-47(45-57-44-43-48(51(55)56)52(3,4)5)59-50(54)42-40-38-36-34-32-30-27-23-21-19-17-15-13-11-9-7-2/h9,11,15,17,21,23-25,30,32,47-48H,6-8,10,12-14,16,18-20,22,26-29,31,33-46H2,1-5H3/b11-9+,17-15+,23-21+,25-24+,32-30+. The molecule has 0 saturated heterocycles. The number of carbonyl (C=O) groups excluding carboxylic acids is 3. The van der Waals surface area contributed by atoms with Crippen molar-refractivity contribution < 1.29 is 38.2 Å². The minimum atomic E-state index is -1.13. The number of esters is 2. The molecule has 0 aromatic carbocycles. The number of nitrogens with zero attached hydrogens (tertiary/aromatic N) is 1. The van der Waals surface area contributed by atoms with Crippen LogP contribution in [0.2, 0.25) is 0 Å². The summed E-state index contributed by atoms with van der Waals surface area (Å²) in [7, 11) is 5.39. The zero-order chi connectivity index (χ0) is 43.5. The van der Waals surface area contributed by atoms with Crippen LogP contribution in [0.15, 0.2) is 60.8 Å². The number of carboxylic acids is 1. The van der Waals surface area contributed by atoms with Crippen molar-refractivity contribution in [1.29, 1.82) is 0 Å². The van der Waals surface area contributed by atoms with Gasteiger partial charge in [-0.1, -0.05) is 158 Å². The Kier molecular flexibility index (Phi) is 39.6. The maximum atomic E-state index is 12.7. The molecule has 0 amide bonds. The van der Waals surface area contributed by atoms with Gasteiger partial charge in [-0.3, -0.25) is 9.59 Å². The summed E-state index contributed by atoms with van der Waals surface area (Å²) < 4.78 is 17.2. The molecule has 0 fully saturated rings. The number of carbonyl (C=O) groups is 3. The zero-order valence-electron chi connectivity index (χ0n) is 38.7. The number of aliphatic carboxylic acids is 1. The number of ether oxygens (including phenoxy) is 3. The molecule has 340 valence electrons. The Morgan fingerprint density at radius 2 is 0.949 bits per heavy atom. The van der Waals surface area contributed by atoms with Gasteiger partial charge in [0.15, 0.2) is 6.10 Å². The molecule has 0 radical (unpaired) electrons. The number of unbranched alkanes of at least 4 members (excludes halogenated alkanes) is 18. The first-order valence-electron chi connectivity index (χ1n) is 23.8. The molecule has 2 atom stereocenters. The number of allylic oxidation sites excluding steroid dienone is 10. The van der Waals surface area contributed by atoms with Crippen molar-refractivity contribution in [3.63, 3.8) is 0 Å². The van der Waals surface area contributed by atoms with Gasteiger partial charge in [-0.25, -0.2) is 0 Å². The van der Waals surface area contributed by atoms with E-state index in [4.69, 9.17) is 14.2 Å². The van der Waals surface area contributed by atoms with Gasteiger partial charge in [0, 0.05) is 19.3 Å². The van der Waals surface area contributed by atoms with Crippen molar-refractivity contribution in [3.05, 3.63) is 60.8 Å². The summed E-state index contributed by atoms with van der Waals surface area (Å²) in [6, 6.07) is -0.734. The number of quaternary nitrogens is 1. The highest BCUT2D eigenvalue weighted by Gasteiger charge is 2.25. The van der Waals surface area contributed by atoms with Gasteiger partial charge in [0.05, 0.1) is 40.3 Å². The molecular formula is C51H89NO7. The van der Waals surface area contributed by atoms with Gasteiger partial charge < -0.3 is 28.6 Å². The van der Waals surface area contributed by atoms with Crippen molar-refractivity contribution in [2.24, 2.45) is 0 Å². The van der Waals surface area contributed by atoms with Gasteiger partial charge in [-0.2, -0.15) is 0 Å². The van der Waals surface area contributed by atoms with E-state index in [9.17, 15) is 19.5 Å². The lowest BCUT2D eigenvalue weighted by molar-refractivity contribution is -0.889. The van der Waals surface area contributed by atoms with Crippen molar-refractivity contribution in [1.82, 2.24) is 0 Å². The van der Waals surface area contributed by atoms with Crippen molar-refractivity contribution >= 4 is 17.9 Å². The Balaban J connectivity index is 4.34. The highest BCUT2D eigenvalue weighted by molar-refractivity contribution is 5.70. The molecule has 0 aromatic heterocycles. The molecule has 0 bridgehead atoms. The second kappa shape index (κ2) is 41.8. The lowest BCUT2D eigenvalue weighted by Crippen LogP contribution is -2.55. The summed E-state index contributed by atoms with van der Waals surface area (Å²) in [4.78, 5) is 36.9. The normalized spacial score (nSPS) is 13.4. The number of carboxylic acid groups (broad SMARTS) is 1. The molecule has 0 spiro atoms. The minimum Gasteiger partial charge on any atom is -0.544 e. The van der Waals surface area contributed by atoms with E-state index in [0.717, 1.165) is 64.2 Å². The van der Waals surface area contributed by atoms with E-state index in [-0.39, 0.29) is 49.1 Å². The van der Waals surface area contributed by atoms with Crippen molar-refractivity contribution in [3.8, 4) is 0 Å². The van der Waals surface area contributed by atoms with Crippen LogP contribution < -0.4 is 5.11 Å². The summed E-state index contributed by atoms with van der Waals surface area (Å²) in [5.74, 6) is -1.78. The Bertz CT molecular complexity index is 1150. The van der Waals surface area contributed by atoms with Gasteiger partial charge in [-0.05, 0) is 77.0 Å². The lowest BCUT2D eigenvalue weighted by Gasteiger charge is -2.34. The predicted molar refractivity (Wildman–Crippen MR) is 245 cm³/mol. The first-order valence-corrected chi connectivity index (χ1v) is 23.8. The molecule has 8 heteroatoms. The first kappa shape index (κ1) is 56.0. The summed E-state index contributed by atoms with van der Waals surface area (Å²) in [5.41, 5.74) is 0. The Hall–Kier alpha value is -2.97. The van der Waals surface area contributed by atoms with Gasteiger partial charge in [0.25, 0.3) is 0 Å². The Morgan fingerprint density at radius 1 is 0.525 bits per heavy atom. The van der Waals surface area contributed by atoms with Crippen LogP contribution >= 0.6 is 0 Å². The van der Waals surface area contributed by atoms with E-state index in [1.165, 1.54) is 89.9 Å². The zero-order valence-corrected chi connectivity index (χ0v) is 38.7. The van der Waals surface area contributed by atoms with Crippen LogP contribution in [0.5, 0.6) is 0 Å². The maximum Gasteiger partial charge on any atom is 0.306 e. The number of likely N-dealkylation sites (N-methyl/N-ethyl adjacent to an activating group) is 1. The van der Waals surface area contributed by atoms with Crippen LogP contribution in [0.4, 0.5) is 0 Å². The molecule has 0 aliphatic heterocycles. The molecule has 0 N–H and O–H groups in total. The third-order valence-corrected chi connectivity index (χ3v) is 10.4. The molecule has 0 heterocycles. The fourth-order valence-electron chi connectivity index (χ4n) is 6.70.